The summed E-state index contributed by atoms with van der Waals surface area (Å²) in [4.78, 5) is 8.42. The third-order valence-electron chi connectivity index (χ3n) is 2.44. The van der Waals surface area contributed by atoms with E-state index in [1.807, 2.05) is 24.3 Å². The molecule has 0 bridgehead atoms. The highest BCUT2D eigenvalue weighted by Gasteiger charge is 2.08. The monoisotopic (exact) mass is 340 g/mol. The van der Waals surface area contributed by atoms with E-state index in [1.54, 1.807) is 0 Å². The minimum Gasteiger partial charge on any atom is -0.369 e. The van der Waals surface area contributed by atoms with Gasteiger partial charge in [-0.05, 0) is 46.6 Å². The molecule has 6 heteroatoms. The van der Waals surface area contributed by atoms with Gasteiger partial charge in [-0.1, -0.05) is 18.5 Å². The zero-order valence-corrected chi connectivity index (χ0v) is 12.8. The third-order valence-corrected chi connectivity index (χ3v) is 3.44. The van der Waals surface area contributed by atoms with E-state index in [2.05, 4.69) is 43.5 Å². The average molecular weight is 342 g/mol. The van der Waals surface area contributed by atoms with Gasteiger partial charge in [0.05, 0.1) is 0 Å². The van der Waals surface area contributed by atoms with E-state index < -0.39 is 0 Å². The highest BCUT2D eigenvalue weighted by molar-refractivity contribution is 9.10. The molecule has 0 saturated heterocycles. The zero-order valence-electron chi connectivity index (χ0n) is 10.5. The minimum atomic E-state index is 0.706. The first-order valence-electron chi connectivity index (χ1n) is 5.97. The lowest BCUT2D eigenvalue weighted by molar-refractivity contribution is 0.962. The Hall–Kier alpha value is -1.33. The van der Waals surface area contributed by atoms with Gasteiger partial charge in [-0.15, -0.1) is 0 Å². The lowest BCUT2D eigenvalue weighted by Crippen LogP contribution is -2.05. The minimum absolute atomic E-state index is 0.706. The summed E-state index contributed by atoms with van der Waals surface area (Å²) in [7, 11) is 0. The summed E-state index contributed by atoms with van der Waals surface area (Å²) < 4.78 is 0.818. The highest BCUT2D eigenvalue weighted by atomic mass is 79.9. The largest absolute Gasteiger partial charge is 0.369 e. The van der Waals surface area contributed by atoms with Gasteiger partial charge < -0.3 is 10.6 Å². The molecule has 0 spiro atoms. The maximum Gasteiger partial charge on any atom is 0.150 e. The number of halogens is 2. The van der Waals surface area contributed by atoms with Crippen molar-refractivity contribution < 1.29 is 0 Å². The molecular formula is C13H14BrClN4. The Balaban J connectivity index is 2.18. The number of aromatic nitrogens is 2. The molecule has 0 saturated carbocycles. The molecule has 19 heavy (non-hydrogen) atoms. The molecule has 0 aliphatic rings. The van der Waals surface area contributed by atoms with Crippen molar-refractivity contribution in [2.45, 2.75) is 13.3 Å². The van der Waals surface area contributed by atoms with E-state index in [9.17, 15) is 0 Å². The second kappa shape index (κ2) is 6.73. The summed E-state index contributed by atoms with van der Waals surface area (Å²) in [5, 5.41) is 7.16. The summed E-state index contributed by atoms with van der Waals surface area (Å²) in [6, 6.07) is 7.45. The van der Waals surface area contributed by atoms with Crippen LogP contribution in [-0.4, -0.2) is 16.5 Å². The molecule has 0 fully saturated rings. The summed E-state index contributed by atoms with van der Waals surface area (Å²) in [5.41, 5.74) is 0.922. The maximum absolute atomic E-state index is 5.86. The smallest absolute Gasteiger partial charge is 0.150 e. The molecule has 1 aromatic heterocycles. The second-order valence-electron chi connectivity index (χ2n) is 3.94. The summed E-state index contributed by atoms with van der Waals surface area (Å²) >= 11 is 9.36. The van der Waals surface area contributed by atoms with Crippen LogP contribution in [-0.2, 0) is 0 Å². The first-order chi connectivity index (χ1) is 9.20. The van der Waals surface area contributed by atoms with E-state index in [0.717, 1.165) is 34.8 Å². The van der Waals surface area contributed by atoms with Gasteiger partial charge in [-0.2, -0.15) is 0 Å². The summed E-state index contributed by atoms with van der Waals surface area (Å²) in [5.74, 6) is 1.50. The van der Waals surface area contributed by atoms with Crippen molar-refractivity contribution >= 4 is 44.9 Å². The number of nitrogens with one attached hydrogen (secondary N) is 2. The molecule has 0 unspecified atom stereocenters. The first kappa shape index (κ1) is 14.1. The molecule has 0 aliphatic carbocycles. The van der Waals surface area contributed by atoms with Crippen LogP contribution in [0.25, 0.3) is 0 Å². The lowest BCUT2D eigenvalue weighted by atomic mass is 10.3. The van der Waals surface area contributed by atoms with E-state index in [0.29, 0.717) is 5.02 Å². The topological polar surface area (TPSA) is 49.8 Å². The van der Waals surface area contributed by atoms with Crippen LogP contribution in [0.2, 0.25) is 5.02 Å². The Morgan fingerprint density at radius 3 is 2.53 bits per heavy atom. The van der Waals surface area contributed by atoms with Crippen LogP contribution < -0.4 is 10.6 Å². The highest BCUT2D eigenvalue weighted by Crippen LogP contribution is 2.29. The average Bonchev–Trinajstić information content (AvgIpc) is 2.42. The molecule has 0 amide bonds. The predicted molar refractivity (Wildman–Crippen MR) is 83.2 cm³/mol. The van der Waals surface area contributed by atoms with E-state index in [-0.39, 0.29) is 0 Å². The fourth-order valence-corrected chi connectivity index (χ4v) is 2.06. The lowest BCUT2D eigenvalue weighted by Gasteiger charge is -2.11. The normalized spacial score (nSPS) is 10.3. The second-order valence-corrected chi connectivity index (χ2v) is 5.17. The molecule has 0 atom stereocenters. The van der Waals surface area contributed by atoms with Gasteiger partial charge in [0.15, 0.2) is 0 Å². The third kappa shape index (κ3) is 3.81. The predicted octanol–water partition coefficient (Wildman–Crippen LogP) is 4.46. The molecule has 2 rings (SSSR count). The van der Waals surface area contributed by atoms with Gasteiger partial charge in [-0.25, -0.2) is 9.97 Å². The van der Waals surface area contributed by atoms with Crippen LogP contribution in [0.4, 0.5) is 17.3 Å². The van der Waals surface area contributed by atoms with Gasteiger partial charge in [0.2, 0.25) is 0 Å². The van der Waals surface area contributed by atoms with E-state index in [1.165, 1.54) is 6.33 Å². The fraction of sp³-hybridized carbons (Fsp3) is 0.231. The first-order valence-corrected chi connectivity index (χ1v) is 7.14. The van der Waals surface area contributed by atoms with Gasteiger partial charge in [0.1, 0.15) is 22.4 Å². The molecule has 1 heterocycles. The molecule has 0 radical (unpaired) electrons. The van der Waals surface area contributed by atoms with Gasteiger partial charge in [0, 0.05) is 17.3 Å². The van der Waals surface area contributed by atoms with E-state index in [4.69, 9.17) is 11.6 Å². The van der Waals surface area contributed by atoms with E-state index >= 15 is 0 Å². The molecule has 100 valence electrons. The Labute approximate surface area is 125 Å². The van der Waals surface area contributed by atoms with Crippen molar-refractivity contribution in [2.75, 3.05) is 17.2 Å². The van der Waals surface area contributed by atoms with Gasteiger partial charge in [0.25, 0.3) is 0 Å². The number of anilines is 3. The Morgan fingerprint density at radius 1 is 1.16 bits per heavy atom. The van der Waals surface area contributed by atoms with Crippen LogP contribution in [0.5, 0.6) is 0 Å². The van der Waals surface area contributed by atoms with Crippen molar-refractivity contribution in [2.24, 2.45) is 0 Å². The summed E-state index contributed by atoms with van der Waals surface area (Å²) in [6.07, 6.45) is 2.57. The molecule has 4 nitrogen and oxygen atoms in total. The van der Waals surface area contributed by atoms with Crippen LogP contribution >= 0.6 is 27.5 Å². The molecule has 2 aromatic rings. The van der Waals surface area contributed by atoms with Crippen molar-refractivity contribution in [3.8, 4) is 0 Å². The van der Waals surface area contributed by atoms with Crippen LogP contribution in [0.1, 0.15) is 13.3 Å². The quantitative estimate of drug-likeness (QED) is 0.843. The molecule has 0 aliphatic heterocycles. The Bertz CT molecular complexity index is 545. The molecular weight excluding hydrogens is 328 g/mol. The van der Waals surface area contributed by atoms with Crippen molar-refractivity contribution in [3.63, 3.8) is 0 Å². The zero-order chi connectivity index (χ0) is 13.7. The van der Waals surface area contributed by atoms with Crippen molar-refractivity contribution in [1.82, 2.24) is 9.97 Å². The Morgan fingerprint density at radius 2 is 1.84 bits per heavy atom. The fourth-order valence-electron chi connectivity index (χ4n) is 1.49. The SMILES string of the molecule is CCCNc1ncnc(Nc2ccc(Cl)cc2)c1Br. The van der Waals surface area contributed by atoms with Crippen molar-refractivity contribution in [1.29, 1.82) is 0 Å². The van der Waals surface area contributed by atoms with Crippen LogP contribution in [0.15, 0.2) is 35.1 Å². The Kier molecular flexibility index (Phi) is 4.99. The molecule has 1 aromatic carbocycles. The molecule has 2 N–H and O–H groups in total. The number of hydrogen-bond acceptors (Lipinski definition) is 4. The van der Waals surface area contributed by atoms with Gasteiger partial charge >= 0.3 is 0 Å². The van der Waals surface area contributed by atoms with Gasteiger partial charge in [-0.3, -0.25) is 0 Å². The van der Waals surface area contributed by atoms with Crippen LogP contribution in [0.3, 0.4) is 0 Å². The standard InChI is InChI=1S/C13H14BrClN4/c1-2-7-16-12-11(14)13(18-8-17-12)19-10-5-3-9(15)4-6-10/h3-6,8H,2,7H2,1H3,(H2,16,17,18,19). The van der Waals surface area contributed by atoms with Crippen molar-refractivity contribution in [3.05, 3.63) is 40.1 Å². The number of benzene rings is 1. The maximum atomic E-state index is 5.86. The summed E-state index contributed by atoms with van der Waals surface area (Å²) in [6.45, 7) is 2.98. The number of nitrogens with zero attached hydrogens (tertiary/aromatic N) is 2. The van der Waals surface area contributed by atoms with Crippen LogP contribution in [0, 0.1) is 0 Å². The number of hydrogen-bond donors (Lipinski definition) is 2. The number of rotatable bonds is 5.